The summed E-state index contributed by atoms with van der Waals surface area (Å²) in [6, 6.07) is 45.0. The van der Waals surface area contributed by atoms with Gasteiger partial charge in [0.1, 0.15) is 16.1 Å². The van der Waals surface area contributed by atoms with Crippen LogP contribution < -0.4 is 10.4 Å². The minimum absolute atomic E-state index is 0.525. The fourth-order valence-corrected chi connectivity index (χ4v) is 25.8. The van der Waals surface area contributed by atoms with Gasteiger partial charge >= 0.3 is 0 Å². The quantitative estimate of drug-likeness (QED) is 0.112. The average molecular weight is 747 g/mol. The third-order valence-electron chi connectivity index (χ3n) is 12.6. The summed E-state index contributed by atoms with van der Waals surface area (Å²) in [6.07, 6.45) is 0. The summed E-state index contributed by atoms with van der Waals surface area (Å²) in [4.78, 5) is 0. The van der Waals surface area contributed by atoms with E-state index < -0.39 is 24.2 Å². The smallest absolute Gasteiger partial charge is 0.126 e. The molecule has 274 valence electrons. The summed E-state index contributed by atoms with van der Waals surface area (Å²) in [5, 5.41) is 5.31. The molecule has 1 aliphatic heterocycles. The van der Waals surface area contributed by atoms with E-state index in [-0.39, 0.29) is 0 Å². The van der Waals surface area contributed by atoms with E-state index in [4.69, 9.17) is 0 Å². The largest absolute Gasteiger partial charge is 0.199 e. The van der Waals surface area contributed by atoms with Crippen LogP contribution in [0.3, 0.4) is 0 Å². The van der Waals surface area contributed by atoms with Crippen molar-refractivity contribution in [2.45, 2.75) is 116 Å². The maximum atomic E-state index is 4.29. The van der Waals surface area contributed by atoms with Gasteiger partial charge in [-0.05, 0) is 65.9 Å². The van der Waals surface area contributed by atoms with Crippen molar-refractivity contribution in [1.29, 1.82) is 0 Å². The molecule has 1 heterocycles. The van der Waals surface area contributed by atoms with Gasteiger partial charge in [0.25, 0.3) is 0 Å². The van der Waals surface area contributed by atoms with Crippen LogP contribution in [0.15, 0.2) is 132 Å². The Labute approximate surface area is 326 Å². The molecule has 53 heavy (non-hydrogen) atoms. The predicted octanol–water partition coefficient (Wildman–Crippen LogP) is 12.7. The summed E-state index contributed by atoms with van der Waals surface area (Å²) in [5.74, 6) is 8.51. The summed E-state index contributed by atoms with van der Waals surface area (Å²) < 4.78 is 0. The molecule has 0 unspecified atom stereocenters. The molecule has 0 fully saturated rings. The van der Waals surface area contributed by atoms with Crippen molar-refractivity contribution in [3.63, 3.8) is 0 Å². The molecule has 0 radical (unpaired) electrons. The zero-order valence-corrected chi connectivity index (χ0v) is 37.5. The van der Waals surface area contributed by atoms with Crippen LogP contribution in [0.25, 0.3) is 11.1 Å². The predicted molar refractivity (Wildman–Crippen MR) is 242 cm³/mol. The molecular weight excluding hydrogens is 685 g/mol. The molecule has 0 N–H and O–H groups in total. The molecule has 0 saturated heterocycles. The molecule has 0 saturated carbocycles. The van der Waals surface area contributed by atoms with Crippen LogP contribution in [0.1, 0.15) is 94.2 Å². The fraction of sp³-hybridized carbons (Fsp3) is 0.360. The number of hydrogen-bond acceptors (Lipinski definition) is 0. The van der Waals surface area contributed by atoms with Crippen LogP contribution in [0.5, 0.6) is 0 Å². The van der Waals surface area contributed by atoms with Crippen LogP contribution in [0.2, 0.25) is 33.2 Å². The Hall–Kier alpha value is -3.87. The monoisotopic (exact) mass is 746 g/mol. The summed E-state index contributed by atoms with van der Waals surface area (Å²) in [7, 11) is -7.34. The van der Waals surface area contributed by atoms with Crippen LogP contribution in [0, 0.1) is 22.9 Å². The molecule has 0 spiro atoms. The Morgan fingerprint density at radius 1 is 0.358 bits per heavy atom. The molecule has 0 nitrogen and oxygen atoms in total. The molecule has 4 aromatic rings. The van der Waals surface area contributed by atoms with Gasteiger partial charge in [-0.25, -0.2) is 0 Å². The second-order valence-electron chi connectivity index (χ2n) is 17.0. The van der Waals surface area contributed by atoms with Gasteiger partial charge in [0.15, 0.2) is 8.07 Å². The summed E-state index contributed by atoms with van der Waals surface area (Å²) in [5.41, 5.74) is 16.7. The number of allylic oxidation sites excluding steroid dienone is 4. The highest BCUT2D eigenvalue weighted by Gasteiger charge is 2.53. The first-order valence-corrected chi connectivity index (χ1v) is 26.5. The lowest BCUT2D eigenvalue weighted by Crippen LogP contribution is -2.61. The van der Waals surface area contributed by atoms with Crippen LogP contribution in [-0.4, -0.2) is 24.2 Å². The molecule has 0 amide bonds. The van der Waals surface area contributed by atoms with Gasteiger partial charge in [-0.15, -0.1) is 11.1 Å². The lowest BCUT2D eigenvalue weighted by molar-refractivity contribution is 0.838. The molecule has 3 heteroatoms. The van der Waals surface area contributed by atoms with Crippen molar-refractivity contribution in [2.75, 3.05) is 0 Å². The van der Waals surface area contributed by atoms with E-state index in [2.05, 4.69) is 227 Å². The van der Waals surface area contributed by atoms with Gasteiger partial charge in [-0.1, -0.05) is 216 Å². The second kappa shape index (κ2) is 16.7. The highest BCUT2D eigenvalue weighted by Crippen LogP contribution is 2.50. The van der Waals surface area contributed by atoms with Crippen molar-refractivity contribution in [3.8, 4) is 22.9 Å². The first kappa shape index (κ1) is 40.3. The van der Waals surface area contributed by atoms with Crippen LogP contribution >= 0.6 is 0 Å². The minimum atomic E-state index is -3.09. The standard InChI is InChI=1S/C50H62Si3/c1-37(2)51(38(3)4,39(5)6)35-33-47-49(43-25-17-13-18-26-43)50(44-27-19-14-20-28-44)48(34-36-52(40(7)8,41(9)10)42(11)12)53(47,45-29-21-15-22-30-45)46-31-23-16-24-32-46/h13-32,37-42H,1-12H3. The Balaban J connectivity index is 2.14. The second-order valence-corrected chi connectivity index (χ2v) is 31.8. The minimum Gasteiger partial charge on any atom is -0.126 e. The van der Waals surface area contributed by atoms with E-state index in [1.54, 1.807) is 0 Å². The van der Waals surface area contributed by atoms with Crippen LogP contribution in [-0.2, 0) is 0 Å². The highest BCUT2D eigenvalue weighted by molar-refractivity contribution is 7.16. The first-order valence-electron chi connectivity index (χ1n) is 20.1. The molecule has 5 rings (SSSR count). The van der Waals surface area contributed by atoms with E-state index in [1.165, 1.54) is 43.0 Å². The van der Waals surface area contributed by atoms with E-state index in [1.807, 2.05) is 0 Å². The Morgan fingerprint density at radius 2 is 0.604 bits per heavy atom. The molecule has 0 aromatic heterocycles. The van der Waals surface area contributed by atoms with Gasteiger partial charge in [0, 0.05) is 10.4 Å². The van der Waals surface area contributed by atoms with E-state index in [0.29, 0.717) is 33.2 Å². The molecule has 1 aliphatic rings. The normalized spacial score (nSPS) is 14.8. The van der Waals surface area contributed by atoms with E-state index in [9.17, 15) is 0 Å². The summed E-state index contributed by atoms with van der Waals surface area (Å²) in [6.45, 7) is 29.2. The SMILES string of the molecule is CC(C)[Si](C#CC1=C(c2ccccc2)C(c2ccccc2)=C(C#C[Si](C(C)C)(C(C)C)C(C)C)[Si]1(c1ccccc1)c1ccccc1)(C(C)C)C(C)C. The number of hydrogen-bond donors (Lipinski definition) is 0. The van der Waals surface area contributed by atoms with Crippen molar-refractivity contribution in [2.24, 2.45) is 0 Å². The van der Waals surface area contributed by atoms with Gasteiger partial charge in [0.05, 0.1) is 0 Å². The molecule has 0 aliphatic carbocycles. The highest BCUT2D eigenvalue weighted by atomic mass is 28.3. The topological polar surface area (TPSA) is 0 Å². The third-order valence-corrected chi connectivity index (χ3v) is 29.8. The molecule has 4 aromatic carbocycles. The average Bonchev–Trinajstić information content (AvgIpc) is 3.43. The molecule has 0 bridgehead atoms. The lowest BCUT2D eigenvalue weighted by atomic mass is 9.92. The molecule has 0 atom stereocenters. The molecular formula is C50H62Si3. The van der Waals surface area contributed by atoms with Crippen molar-refractivity contribution >= 4 is 45.7 Å². The zero-order chi connectivity index (χ0) is 38.6. The fourth-order valence-electron chi connectivity index (χ4n) is 10.2. The van der Waals surface area contributed by atoms with Crippen molar-refractivity contribution in [3.05, 3.63) is 143 Å². The summed E-state index contributed by atoms with van der Waals surface area (Å²) >= 11 is 0. The van der Waals surface area contributed by atoms with Gasteiger partial charge in [-0.2, -0.15) is 0 Å². The number of benzene rings is 4. The van der Waals surface area contributed by atoms with E-state index >= 15 is 0 Å². The maximum absolute atomic E-state index is 4.29. The van der Waals surface area contributed by atoms with Crippen molar-refractivity contribution < 1.29 is 0 Å². The van der Waals surface area contributed by atoms with E-state index in [0.717, 1.165) is 0 Å². The van der Waals surface area contributed by atoms with Gasteiger partial charge < -0.3 is 0 Å². The lowest BCUT2D eigenvalue weighted by Gasteiger charge is -2.39. The van der Waals surface area contributed by atoms with Gasteiger partial charge in [0.2, 0.25) is 0 Å². The Bertz CT molecular complexity index is 1830. The maximum Gasteiger partial charge on any atom is 0.199 e. The first-order chi connectivity index (χ1) is 25.3. The third kappa shape index (κ3) is 7.10. The Morgan fingerprint density at radius 3 is 0.849 bits per heavy atom. The zero-order valence-electron chi connectivity index (χ0n) is 34.5. The van der Waals surface area contributed by atoms with Gasteiger partial charge in [-0.3, -0.25) is 0 Å². The van der Waals surface area contributed by atoms with Crippen LogP contribution in [0.4, 0.5) is 0 Å². The Kier molecular flexibility index (Phi) is 12.7. The van der Waals surface area contributed by atoms with Crippen molar-refractivity contribution in [1.82, 2.24) is 0 Å². The number of rotatable bonds is 10.